The number of ether oxygens (including phenoxy) is 1. The molecule has 22 heavy (non-hydrogen) atoms. The molecule has 2 N–H and O–H groups in total. The Balaban J connectivity index is 1.97. The summed E-state index contributed by atoms with van der Waals surface area (Å²) in [5.74, 6) is -1.71. The molecule has 0 bridgehead atoms. The summed E-state index contributed by atoms with van der Waals surface area (Å²) in [5.41, 5.74) is 0.452. The molecule has 7 heteroatoms. The SMILES string of the molecule is CCOc1ncccc1CNC(=O)Nc1cccc(F)c1F. The quantitative estimate of drug-likeness (QED) is 0.892. The van der Waals surface area contributed by atoms with Gasteiger partial charge in [0.1, 0.15) is 0 Å². The van der Waals surface area contributed by atoms with E-state index in [2.05, 4.69) is 15.6 Å². The van der Waals surface area contributed by atoms with Crippen LogP contribution in [-0.2, 0) is 6.54 Å². The summed E-state index contributed by atoms with van der Waals surface area (Å²) in [5, 5.41) is 4.78. The molecule has 0 aliphatic carbocycles. The molecule has 116 valence electrons. The zero-order valence-electron chi connectivity index (χ0n) is 11.9. The van der Waals surface area contributed by atoms with Crippen LogP contribution in [0, 0.1) is 11.6 Å². The van der Waals surface area contributed by atoms with Crippen LogP contribution in [0.3, 0.4) is 0 Å². The monoisotopic (exact) mass is 307 g/mol. The van der Waals surface area contributed by atoms with Crippen molar-refractivity contribution in [2.24, 2.45) is 0 Å². The highest BCUT2D eigenvalue weighted by molar-refractivity contribution is 5.89. The molecule has 0 atom stereocenters. The van der Waals surface area contributed by atoms with E-state index in [9.17, 15) is 13.6 Å². The van der Waals surface area contributed by atoms with Gasteiger partial charge in [-0.25, -0.2) is 18.6 Å². The van der Waals surface area contributed by atoms with Crippen molar-refractivity contribution in [2.45, 2.75) is 13.5 Å². The molecule has 1 aromatic carbocycles. The zero-order chi connectivity index (χ0) is 15.9. The third kappa shape index (κ3) is 3.91. The number of hydrogen-bond acceptors (Lipinski definition) is 3. The van der Waals surface area contributed by atoms with E-state index in [0.717, 1.165) is 6.07 Å². The number of aromatic nitrogens is 1. The lowest BCUT2D eigenvalue weighted by Gasteiger charge is -2.11. The van der Waals surface area contributed by atoms with Gasteiger partial charge in [0.25, 0.3) is 0 Å². The topological polar surface area (TPSA) is 63.2 Å². The predicted octanol–water partition coefficient (Wildman–Crippen LogP) is 3.08. The number of carbonyl (C=O) groups is 1. The summed E-state index contributed by atoms with van der Waals surface area (Å²) >= 11 is 0. The Morgan fingerprint density at radius 2 is 2.09 bits per heavy atom. The van der Waals surface area contributed by atoms with E-state index in [1.165, 1.54) is 12.1 Å². The van der Waals surface area contributed by atoms with Crippen LogP contribution >= 0.6 is 0 Å². The number of urea groups is 1. The average molecular weight is 307 g/mol. The highest BCUT2D eigenvalue weighted by Gasteiger charge is 2.11. The second-order valence-electron chi connectivity index (χ2n) is 4.31. The molecule has 0 aliphatic heterocycles. The molecule has 1 aromatic heterocycles. The summed E-state index contributed by atoms with van der Waals surface area (Å²) < 4.78 is 31.8. The lowest BCUT2D eigenvalue weighted by atomic mass is 10.2. The molecule has 0 saturated carbocycles. The molecule has 0 radical (unpaired) electrons. The largest absolute Gasteiger partial charge is 0.478 e. The fourth-order valence-corrected chi connectivity index (χ4v) is 1.77. The van der Waals surface area contributed by atoms with Gasteiger partial charge in [-0.2, -0.15) is 0 Å². The van der Waals surface area contributed by atoms with E-state index < -0.39 is 17.7 Å². The number of nitrogens with zero attached hydrogens (tertiary/aromatic N) is 1. The van der Waals surface area contributed by atoms with Crippen molar-refractivity contribution in [3.8, 4) is 5.88 Å². The van der Waals surface area contributed by atoms with Crippen molar-refractivity contribution in [3.05, 3.63) is 53.7 Å². The van der Waals surface area contributed by atoms with Crippen LogP contribution in [0.25, 0.3) is 0 Å². The van der Waals surface area contributed by atoms with Gasteiger partial charge in [-0.15, -0.1) is 0 Å². The van der Waals surface area contributed by atoms with Crippen molar-refractivity contribution in [3.63, 3.8) is 0 Å². The van der Waals surface area contributed by atoms with E-state index >= 15 is 0 Å². The molecule has 2 amide bonds. The Morgan fingerprint density at radius 3 is 2.86 bits per heavy atom. The molecule has 0 unspecified atom stereocenters. The maximum absolute atomic E-state index is 13.4. The van der Waals surface area contributed by atoms with E-state index in [4.69, 9.17) is 4.74 Å². The maximum atomic E-state index is 13.4. The second-order valence-corrected chi connectivity index (χ2v) is 4.31. The summed E-state index contributed by atoms with van der Waals surface area (Å²) in [6.45, 7) is 2.42. The average Bonchev–Trinajstić information content (AvgIpc) is 2.51. The maximum Gasteiger partial charge on any atom is 0.319 e. The predicted molar refractivity (Wildman–Crippen MR) is 77.6 cm³/mol. The molecular weight excluding hydrogens is 292 g/mol. The first kappa shape index (κ1) is 15.7. The fourth-order valence-electron chi connectivity index (χ4n) is 1.77. The van der Waals surface area contributed by atoms with Gasteiger partial charge in [0.2, 0.25) is 5.88 Å². The second kappa shape index (κ2) is 7.35. The lowest BCUT2D eigenvalue weighted by Crippen LogP contribution is -2.29. The zero-order valence-corrected chi connectivity index (χ0v) is 11.9. The number of pyridine rings is 1. The smallest absolute Gasteiger partial charge is 0.319 e. The number of benzene rings is 1. The Kier molecular flexibility index (Phi) is 5.24. The van der Waals surface area contributed by atoms with Crippen LogP contribution < -0.4 is 15.4 Å². The van der Waals surface area contributed by atoms with Gasteiger partial charge in [0, 0.05) is 18.3 Å². The highest BCUT2D eigenvalue weighted by atomic mass is 19.2. The number of amides is 2. The Bertz CT molecular complexity index is 665. The number of rotatable bonds is 5. The molecule has 5 nitrogen and oxygen atoms in total. The minimum Gasteiger partial charge on any atom is -0.478 e. The Hall–Kier alpha value is -2.70. The van der Waals surface area contributed by atoms with Gasteiger partial charge in [0.15, 0.2) is 11.6 Å². The highest BCUT2D eigenvalue weighted by Crippen LogP contribution is 2.17. The third-order valence-electron chi connectivity index (χ3n) is 2.77. The van der Waals surface area contributed by atoms with Gasteiger partial charge in [-0.3, -0.25) is 0 Å². The number of anilines is 1. The standard InChI is InChI=1S/C15H15F2N3O2/c1-2-22-14-10(5-4-8-18-14)9-19-15(21)20-12-7-3-6-11(16)13(12)17/h3-8H,2,9H2,1H3,(H2,19,20,21). The van der Waals surface area contributed by atoms with E-state index in [1.54, 1.807) is 18.3 Å². The van der Waals surface area contributed by atoms with Crippen LogP contribution in [0.1, 0.15) is 12.5 Å². The van der Waals surface area contributed by atoms with E-state index in [1.807, 2.05) is 6.92 Å². The molecular formula is C15H15F2N3O2. The van der Waals surface area contributed by atoms with Gasteiger partial charge in [-0.05, 0) is 25.1 Å². The Labute approximate surface area is 126 Å². The van der Waals surface area contributed by atoms with Gasteiger partial charge in [-0.1, -0.05) is 12.1 Å². The van der Waals surface area contributed by atoms with Gasteiger partial charge >= 0.3 is 6.03 Å². The first-order chi connectivity index (χ1) is 10.6. The molecule has 0 spiro atoms. The number of nitrogens with one attached hydrogen (secondary N) is 2. The number of halogens is 2. The van der Waals surface area contributed by atoms with Crippen molar-refractivity contribution >= 4 is 11.7 Å². The van der Waals surface area contributed by atoms with E-state index in [-0.39, 0.29) is 12.2 Å². The molecule has 2 rings (SSSR count). The van der Waals surface area contributed by atoms with Crippen molar-refractivity contribution < 1.29 is 18.3 Å². The lowest BCUT2D eigenvalue weighted by molar-refractivity contribution is 0.251. The molecule has 2 aromatic rings. The third-order valence-corrected chi connectivity index (χ3v) is 2.77. The first-order valence-corrected chi connectivity index (χ1v) is 6.67. The van der Waals surface area contributed by atoms with Gasteiger partial charge < -0.3 is 15.4 Å². The molecule has 0 aliphatic rings. The first-order valence-electron chi connectivity index (χ1n) is 6.67. The van der Waals surface area contributed by atoms with Crippen LogP contribution in [0.4, 0.5) is 19.3 Å². The van der Waals surface area contributed by atoms with Crippen LogP contribution in [0.15, 0.2) is 36.5 Å². The Morgan fingerprint density at radius 1 is 1.27 bits per heavy atom. The van der Waals surface area contributed by atoms with Crippen molar-refractivity contribution in [2.75, 3.05) is 11.9 Å². The molecule has 0 fully saturated rings. The molecule has 0 saturated heterocycles. The fraction of sp³-hybridized carbons (Fsp3) is 0.200. The van der Waals surface area contributed by atoms with Crippen LogP contribution in [0.2, 0.25) is 0 Å². The summed E-state index contributed by atoms with van der Waals surface area (Å²) in [7, 11) is 0. The van der Waals surface area contributed by atoms with Gasteiger partial charge in [0.05, 0.1) is 12.3 Å². The van der Waals surface area contributed by atoms with Crippen LogP contribution in [0.5, 0.6) is 5.88 Å². The van der Waals surface area contributed by atoms with Crippen LogP contribution in [-0.4, -0.2) is 17.6 Å². The number of carbonyl (C=O) groups excluding carboxylic acids is 1. The minimum absolute atomic E-state index is 0.145. The van der Waals surface area contributed by atoms with Crippen molar-refractivity contribution in [1.29, 1.82) is 0 Å². The summed E-state index contributed by atoms with van der Waals surface area (Å²) in [4.78, 5) is 15.8. The van der Waals surface area contributed by atoms with E-state index in [0.29, 0.717) is 18.1 Å². The normalized spacial score (nSPS) is 10.1. The number of hydrogen-bond donors (Lipinski definition) is 2. The molecule has 1 heterocycles. The summed E-state index contributed by atoms with van der Waals surface area (Å²) in [6.07, 6.45) is 1.58. The minimum atomic E-state index is -1.10. The van der Waals surface area contributed by atoms with Crippen molar-refractivity contribution in [1.82, 2.24) is 10.3 Å². The summed E-state index contributed by atoms with van der Waals surface area (Å²) in [6, 6.07) is 6.36.